The van der Waals surface area contributed by atoms with Gasteiger partial charge in [-0.15, -0.1) is 0 Å². The largest absolute Gasteiger partial charge is 0.396 e. The Morgan fingerprint density at radius 1 is 1.50 bits per heavy atom. The summed E-state index contributed by atoms with van der Waals surface area (Å²) in [7, 11) is 0. The third-order valence-electron chi connectivity index (χ3n) is 2.87. The molecule has 5 heteroatoms. The SMILES string of the molecule is CCc1cccc(C)c1NC(=O)c1[nH]ncc1N. The van der Waals surface area contributed by atoms with Crippen molar-refractivity contribution in [2.45, 2.75) is 20.3 Å². The van der Waals surface area contributed by atoms with E-state index in [1.54, 1.807) is 0 Å². The topological polar surface area (TPSA) is 83.8 Å². The first kappa shape index (κ1) is 12.2. The lowest BCUT2D eigenvalue weighted by atomic mass is 10.1. The van der Waals surface area contributed by atoms with Gasteiger partial charge < -0.3 is 11.1 Å². The van der Waals surface area contributed by atoms with Crippen molar-refractivity contribution < 1.29 is 4.79 Å². The Hall–Kier alpha value is -2.30. The van der Waals surface area contributed by atoms with Gasteiger partial charge in [0.2, 0.25) is 0 Å². The van der Waals surface area contributed by atoms with E-state index in [2.05, 4.69) is 22.4 Å². The summed E-state index contributed by atoms with van der Waals surface area (Å²) in [4.78, 5) is 12.1. The van der Waals surface area contributed by atoms with Crippen LogP contribution < -0.4 is 11.1 Å². The number of benzene rings is 1. The number of nitrogens with one attached hydrogen (secondary N) is 2. The van der Waals surface area contributed by atoms with E-state index in [1.807, 2.05) is 25.1 Å². The summed E-state index contributed by atoms with van der Waals surface area (Å²) in [6.07, 6.45) is 2.28. The minimum atomic E-state index is -0.269. The van der Waals surface area contributed by atoms with Crippen molar-refractivity contribution in [3.05, 3.63) is 41.2 Å². The van der Waals surface area contributed by atoms with Gasteiger partial charge in [0, 0.05) is 5.69 Å². The van der Waals surface area contributed by atoms with E-state index in [0.717, 1.165) is 23.2 Å². The molecule has 5 nitrogen and oxygen atoms in total. The normalized spacial score (nSPS) is 10.3. The molecule has 0 saturated carbocycles. The molecule has 94 valence electrons. The highest BCUT2D eigenvalue weighted by Gasteiger charge is 2.14. The number of aromatic nitrogens is 2. The van der Waals surface area contributed by atoms with Crippen LogP contribution in [0, 0.1) is 6.92 Å². The first-order valence-corrected chi connectivity index (χ1v) is 5.82. The van der Waals surface area contributed by atoms with Crippen LogP contribution in [0.2, 0.25) is 0 Å². The zero-order valence-corrected chi connectivity index (χ0v) is 10.4. The van der Waals surface area contributed by atoms with Crippen molar-refractivity contribution in [2.24, 2.45) is 0 Å². The number of nitrogen functional groups attached to an aromatic ring is 1. The number of amides is 1. The molecule has 0 radical (unpaired) electrons. The van der Waals surface area contributed by atoms with Gasteiger partial charge in [-0.3, -0.25) is 9.89 Å². The molecule has 0 fully saturated rings. The predicted octanol–water partition coefficient (Wildman–Crippen LogP) is 2.12. The summed E-state index contributed by atoms with van der Waals surface area (Å²) in [5.74, 6) is -0.269. The molecule has 0 unspecified atom stereocenters. The molecule has 1 aromatic heterocycles. The molecular formula is C13H16N4O. The first-order chi connectivity index (χ1) is 8.63. The summed E-state index contributed by atoms with van der Waals surface area (Å²) in [5.41, 5.74) is 9.26. The smallest absolute Gasteiger partial charge is 0.275 e. The second kappa shape index (κ2) is 4.91. The van der Waals surface area contributed by atoms with Gasteiger partial charge in [0.05, 0.1) is 11.9 Å². The van der Waals surface area contributed by atoms with E-state index < -0.39 is 0 Å². The number of anilines is 2. The quantitative estimate of drug-likeness (QED) is 0.773. The maximum Gasteiger partial charge on any atom is 0.275 e. The van der Waals surface area contributed by atoms with E-state index >= 15 is 0 Å². The van der Waals surface area contributed by atoms with Gasteiger partial charge in [0.1, 0.15) is 5.69 Å². The molecule has 0 atom stereocenters. The van der Waals surface area contributed by atoms with E-state index in [0.29, 0.717) is 11.4 Å². The number of aryl methyl sites for hydroxylation is 2. The van der Waals surface area contributed by atoms with Crippen LogP contribution >= 0.6 is 0 Å². The Labute approximate surface area is 105 Å². The lowest BCUT2D eigenvalue weighted by Gasteiger charge is -2.12. The third kappa shape index (κ3) is 2.20. The van der Waals surface area contributed by atoms with E-state index in [4.69, 9.17) is 5.73 Å². The maximum absolute atomic E-state index is 12.1. The Morgan fingerprint density at radius 2 is 2.28 bits per heavy atom. The molecular weight excluding hydrogens is 228 g/mol. The van der Waals surface area contributed by atoms with E-state index in [1.165, 1.54) is 6.20 Å². The molecule has 0 aliphatic heterocycles. The van der Waals surface area contributed by atoms with Crippen molar-refractivity contribution in [1.29, 1.82) is 0 Å². The fourth-order valence-electron chi connectivity index (χ4n) is 1.86. The number of carbonyl (C=O) groups excluding carboxylic acids is 1. The molecule has 0 aliphatic carbocycles. The zero-order chi connectivity index (χ0) is 13.1. The fourth-order valence-corrected chi connectivity index (χ4v) is 1.86. The Morgan fingerprint density at radius 3 is 2.89 bits per heavy atom. The number of hydrogen-bond donors (Lipinski definition) is 3. The highest BCUT2D eigenvalue weighted by Crippen LogP contribution is 2.22. The Bertz CT molecular complexity index is 574. The second-order valence-electron chi connectivity index (χ2n) is 4.12. The van der Waals surface area contributed by atoms with Crippen molar-refractivity contribution >= 4 is 17.3 Å². The monoisotopic (exact) mass is 244 g/mol. The van der Waals surface area contributed by atoms with Gasteiger partial charge in [-0.25, -0.2) is 0 Å². The highest BCUT2D eigenvalue weighted by atomic mass is 16.2. The maximum atomic E-state index is 12.1. The molecule has 0 spiro atoms. The van der Waals surface area contributed by atoms with Crippen molar-refractivity contribution in [1.82, 2.24) is 10.2 Å². The summed E-state index contributed by atoms with van der Waals surface area (Å²) >= 11 is 0. The number of nitrogens with two attached hydrogens (primary N) is 1. The fraction of sp³-hybridized carbons (Fsp3) is 0.231. The molecule has 2 aromatic rings. The number of H-pyrrole nitrogens is 1. The van der Waals surface area contributed by atoms with Gasteiger partial charge >= 0.3 is 0 Å². The van der Waals surface area contributed by atoms with Crippen molar-refractivity contribution in [3.8, 4) is 0 Å². The van der Waals surface area contributed by atoms with Crippen LogP contribution in [0.4, 0.5) is 11.4 Å². The summed E-state index contributed by atoms with van der Waals surface area (Å²) < 4.78 is 0. The molecule has 4 N–H and O–H groups in total. The van der Waals surface area contributed by atoms with Crippen LogP contribution in [0.15, 0.2) is 24.4 Å². The standard InChI is InChI=1S/C13H16N4O/c1-3-9-6-4-5-8(2)11(9)16-13(18)12-10(14)7-15-17-12/h4-7H,3,14H2,1-2H3,(H,15,17)(H,16,18). The number of hydrogen-bond acceptors (Lipinski definition) is 3. The van der Waals surface area contributed by atoms with Crippen LogP contribution in [0.25, 0.3) is 0 Å². The number of para-hydroxylation sites is 1. The molecule has 0 aliphatic rings. The minimum Gasteiger partial charge on any atom is -0.396 e. The van der Waals surface area contributed by atoms with Gasteiger partial charge in [0.15, 0.2) is 0 Å². The number of rotatable bonds is 3. The van der Waals surface area contributed by atoms with Crippen molar-refractivity contribution in [3.63, 3.8) is 0 Å². The minimum absolute atomic E-state index is 0.269. The number of carbonyl (C=O) groups is 1. The lowest BCUT2D eigenvalue weighted by Crippen LogP contribution is -2.16. The van der Waals surface area contributed by atoms with E-state index in [9.17, 15) is 4.79 Å². The lowest BCUT2D eigenvalue weighted by molar-refractivity contribution is 0.102. The average Bonchev–Trinajstić information content (AvgIpc) is 2.78. The molecule has 18 heavy (non-hydrogen) atoms. The number of nitrogens with zero attached hydrogens (tertiary/aromatic N) is 1. The molecule has 0 bridgehead atoms. The van der Waals surface area contributed by atoms with Crippen molar-refractivity contribution in [2.75, 3.05) is 11.1 Å². The summed E-state index contributed by atoms with van der Waals surface area (Å²) in [5, 5.41) is 9.22. The third-order valence-corrected chi connectivity index (χ3v) is 2.87. The van der Waals surface area contributed by atoms with Gasteiger partial charge in [-0.2, -0.15) is 5.10 Å². The highest BCUT2D eigenvalue weighted by molar-refractivity contribution is 6.06. The first-order valence-electron chi connectivity index (χ1n) is 5.82. The average molecular weight is 244 g/mol. The molecule has 1 heterocycles. The summed E-state index contributed by atoms with van der Waals surface area (Å²) in [6.45, 7) is 4.01. The summed E-state index contributed by atoms with van der Waals surface area (Å²) in [6, 6.07) is 5.94. The Balaban J connectivity index is 2.30. The number of aromatic amines is 1. The molecule has 1 amide bonds. The predicted molar refractivity (Wildman–Crippen MR) is 71.5 cm³/mol. The zero-order valence-electron chi connectivity index (χ0n) is 10.4. The van der Waals surface area contributed by atoms with Crippen LogP contribution in [0.5, 0.6) is 0 Å². The molecule has 1 aromatic carbocycles. The van der Waals surface area contributed by atoms with Gasteiger partial charge in [-0.05, 0) is 24.5 Å². The van der Waals surface area contributed by atoms with Crippen LogP contribution in [0.3, 0.4) is 0 Å². The molecule has 0 saturated heterocycles. The van der Waals surface area contributed by atoms with Crippen LogP contribution in [0.1, 0.15) is 28.5 Å². The second-order valence-corrected chi connectivity index (χ2v) is 4.12. The Kier molecular flexibility index (Phi) is 3.32. The van der Waals surface area contributed by atoms with E-state index in [-0.39, 0.29) is 5.91 Å². The molecule has 2 rings (SSSR count). The van der Waals surface area contributed by atoms with Crippen LogP contribution in [-0.4, -0.2) is 16.1 Å². The van der Waals surface area contributed by atoms with Crippen LogP contribution in [-0.2, 0) is 6.42 Å². The van der Waals surface area contributed by atoms with Gasteiger partial charge in [0.25, 0.3) is 5.91 Å². The van der Waals surface area contributed by atoms with Gasteiger partial charge in [-0.1, -0.05) is 25.1 Å².